The second-order valence-electron chi connectivity index (χ2n) is 6.01. The van der Waals surface area contributed by atoms with Crippen molar-refractivity contribution in [2.75, 3.05) is 13.7 Å². The van der Waals surface area contributed by atoms with Crippen LogP contribution < -0.4 is 14.8 Å². The number of benzene rings is 2. The molecule has 0 heterocycles. The van der Waals surface area contributed by atoms with E-state index >= 15 is 0 Å². The van der Waals surface area contributed by atoms with Crippen molar-refractivity contribution in [1.82, 2.24) is 5.32 Å². The van der Waals surface area contributed by atoms with Crippen LogP contribution in [0.3, 0.4) is 0 Å². The molecule has 2 rings (SSSR count). The molecular weight excluding hydrogens is 336 g/mol. The van der Waals surface area contributed by atoms with Crippen LogP contribution in [-0.2, 0) is 4.79 Å². The maximum Gasteiger partial charge on any atom is 0.311 e. The molecule has 0 saturated heterocycles. The fraction of sp³-hybridized carbons (Fsp3) is 0.316. The molecule has 7 heteroatoms. The van der Waals surface area contributed by atoms with Gasteiger partial charge in [0.1, 0.15) is 5.75 Å². The summed E-state index contributed by atoms with van der Waals surface area (Å²) in [5.74, 6) is 0.117. The van der Waals surface area contributed by atoms with Crippen LogP contribution in [0.15, 0.2) is 36.4 Å². The minimum absolute atomic E-state index is 0.0800. The minimum Gasteiger partial charge on any atom is -0.490 e. The Morgan fingerprint density at radius 1 is 1.19 bits per heavy atom. The van der Waals surface area contributed by atoms with E-state index in [1.54, 1.807) is 0 Å². The zero-order valence-electron chi connectivity index (χ0n) is 15.2. The monoisotopic (exact) mass is 358 g/mol. The van der Waals surface area contributed by atoms with Crippen molar-refractivity contribution in [3.63, 3.8) is 0 Å². The van der Waals surface area contributed by atoms with E-state index in [9.17, 15) is 14.9 Å². The molecule has 0 radical (unpaired) electrons. The first-order chi connectivity index (χ1) is 12.3. The van der Waals surface area contributed by atoms with E-state index in [0.717, 1.165) is 11.1 Å². The second kappa shape index (κ2) is 8.33. The van der Waals surface area contributed by atoms with E-state index in [-0.39, 0.29) is 30.0 Å². The van der Waals surface area contributed by atoms with Gasteiger partial charge in [0.05, 0.1) is 18.1 Å². The van der Waals surface area contributed by atoms with Crippen LogP contribution >= 0.6 is 0 Å². The van der Waals surface area contributed by atoms with Crippen molar-refractivity contribution in [2.45, 2.75) is 26.8 Å². The summed E-state index contributed by atoms with van der Waals surface area (Å²) in [6, 6.07) is 9.99. The minimum atomic E-state index is -0.541. The predicted molar refractivity (Wildman–Crippen MR) is 97.6 cm³/mol. The molecule has 0 unspecified atom stereocenters. The fourth-order valence-electron chi connectivity index (χ4n) is 2.45. The molecule has 0 aliphatic carbocycles. The number of ether oxygens (including phenoxy) is 2. The lowest BCUT2D eigenvalue weighted by Gasteiger charge is -2.16. The molecule has 1 amide bonds. The third-order valence-electron chi connectivity index (χ3n) is 4.13. The average molecular weight is 358 g/mol. The van der Waals surface area contributed by atoms with Crippen LogP contribution in [0, 0.1) is 24.0 Å². The molecule has 0 bridgehead atoms. The summed E-state index contributed by atoms with van der Waals surface area (Å²) in [5.41, 5.74) is 3.21. The third-order valence-corrected chi connectivity index (χ3v) is 4.13. The van der Waals surface area contributed by atoms with Crippen molar-refractivity contribution >= 4 is 11.6 Å². The normalized spacial score (nSPS) is 11.5. The lowest BCUT2D eigenvalue weighted by atomic mass is 10.0. The quantitative estimate of drug-likeness (QED) is 0.604. The van der Waals surface area contributed by atoms with Gasteiger partial charge in [-0.25, -0.2) is 0 Å². The molecule has 0 aliphatic rings. The van der Waals surface area contributed by atoms with Gasteiger partial charge in [-0.2, -0.15) is 0 Å². The first kappa shape index (κ1) is 19.2. The van der Waals surface area contributed by atoms with Crippen molar-refractivity contribution in [2.24, 2.45) is 0 Å². The number of nitrogens with one attached hydrogen (secondary N) is 1. The smallest absolute Gasteiger partial charge is 0.311 e. The van der Waals surface area contributed by atoms with E-state index in [2.05, 4.69) is 5.32 Å². The van der Waals surface area contributed by atoms with Gasteiger partial charge in [-0.1, -0.05) is 18.2 Å². The maximum atomic E-state index is 12.1. The van der Waals surface area contributed by atoms with E-state index in [0.29, 0.717) is 5.75 Å². The number of hydrogen-bond acceptors (Lipinski definition) is 5. The van der Waals surface area contributed by atoms with Gasteiger partial charge < -0.3 is 14.8 Å². The SMILES string of the molecule is COc1cc(OCC(=O)N[C@H](C)c2ccc(C)c(C)c2)ccc1[N+](=O)[O-]. The van der Waals surface area contributed by atoms with Crippen molar-refractivity contribution in [3.8, 4) is 11.5 Å². The van der Waals surface area contributed by atoms with Gasteiger partial charge in [-0.3, -0.25) is 14.9 Å². The lowest BCUT2D eigenvalue weighted by molar-refractivity contribution is -0.385. The Balaban J connectivity index is 1.96. The van der Waals surface area contributed by atoms with Gasteiger partial charge in [0, 0.05) is 12.1 Å². The molecule has 1 atom stereocenters. The van der Waals surface area contributed by atoms with Crippen LogP contribution in [-0.4, -0.2) is 24.5 Å². The van der Waals surface area contributed by atoms with Crippen LogP contribution in [0.4, 0.5) is 5.69 Å². The first-order valence-corrected chi connectivity index (χ1v) is 8.13. The van der Waals surface area contributed by atoms with E-state index in [1.165, 1.54) is 30.9 Å². The zero-order chi connectivity index (χ0) is 19.3. The molecule has 0 saturated carbocycles. The van der Waals surface area contributed by atoms with E-state index in [1.807, 2.05) is 39.0 Å². The summed E-state index contributed by atoms with van der Waals surface area (Å²) in [4.78, 5) is 22.4. The molecule has 2 aromatic rings. The fourth-order valence-corrected chi connectivity index (χ4v) is 2.45. The highest BCUT2D eigenvalue weighted by atomic mass is 16.6. The summed E-state index contributed by atoms with van der Waals surface area (Å²) >= 11 is 0. The summed E-state index contributed by atoms with van der Waals surface area (Å²) in [6.45, 7) is 5.76. The first-order valence-electron chi connectivity index (χ1n) is 8.13. The number of carbonyl (C=O) groups is 1. The molecule has 2 aromatic carbocycles. The van der Waals surface area contributed by atoms with E-state index in [4.69, 9.17) is 9.47 Å². The van der Waals surface area contributed by atoms with Crippen LogP contribution in [0.5, 0.6) is 11.5 Å². The highest BCUT2D eigenvalue weighted by molar-refractivity contribution is 5.78. The standard InChI is InChI=1S/C19H22N2O5/c1-12-5-6-15(9-13(12)2)14(3)20-19(22)11-26-16-7-8-17(21(23)24)18(10-16)25-4/h5-10,14H,11H2,1-4H3,(H,20,22)/t14-/m1/s1. The van der Waals surface area contributed by atoms with Gasteiger partial charge in [0.25, 0.3) is 5.91 Å². The highest BCUT2D eigenvalue weighted by Crippen LogP contribution is 2.30. The number of nitro groups is 1. The van der Waals surface area contributed by atoms with Crippen LogP contribution in [0.2, 0.25) is 0 Å². The molecule has 0 fully saturated rings. The molecular formula is C19H22N2O5. The van der Waals surface area contributed by atoms with Gasteiger partial charge >= 0.3 is 5.69 Å². The summed E-state index contributed by atoms with van der Waals surface area (Å²) in [7, 11) is 1.34. The Morgan fingerprint density at radius 2 is 1.92 bits per heavy atom. The van der Waals surface area contributed by atoms with Gasteiger partial charge in [0.15, 0.2) is 6.61 Å². The largest absolute Gasteiger partial charge is 0.490 e. The van der Waals surface area contributed by atoms with Gasteiger partial charge in [-0.15, -0.1) is 0 Å². The van der Waals surface area contributed by atoms with Crippen molar-refractivity contribution in [3.05, 3.63) is 63.2 Å². The number of rotatable bonds is 7. The second-order valence-corrected chi connectivity index (χ2v) is 6.01. The van der Waals surface area contributed by atoms with Crippen LogP contribution in [0.1, 0.15) is 29.7 Å². The molecule has 0 aromatic heterocycles. The van der Waals surface area contributed by atoms with Crippen LogP contribution in [0.25, 0.3) is 0 Å². The van der Waals surface area contributed by atoms with Crippen molar-refractivity contribution < 1.29 is 19.2 Å². The Bertz CT molecular complexity index is 820. The lowest BCUT2D eigenvalue weighted by Crippen LogP contribution is -2.31. The van der Waals surface area contributed by atoms with Gasteiger partial charge in [0.2, 0.25) is 5.75 Å². The maximum absolute atomic E-state index is 12.1. The third kappa shape index (κ3) is 4.72. The number of aryl methyl sites for hydroxylation is 2. The number of hydrogen-bond donors (Lipinski definition) is 1. The Morgan fingerprint density at radius 3 is 2.54 bits per heavy atom. The topological polar surface area (TPSA) is 90.7 Å². The highest BCUT2D eigenvalue weighted by Gasteiger charge is 2.16. The molecule has 138 valence electrons. The Kier molecular flexibility index (Phi) is 6.16. The van der Waals surface area contributed by atoms with E-state index < -0.39 is 4.92 Å². The molecule has 26 heavy (non-hydrogen) atoms. The molecule has 0 aliphatic heterocycles. The molecule has 7 nitrogen and oxygen atoms in total. The molecule has 1 N–H and O–H groups in total. The number of carbonyl (C=O) groups excluding carboxylic acids is 1. The predicted octanol–water partition coefficient (Wildman–Crippen LogP) is 3.48. The number of amides is 1. The van der Waals surface area contributed by atoms with Gasteiger partial charge in [-0.05, 0) is 43.5 Å². The number of nitrogens with zero attached hydrogens (tertiary/aromatic N) is 1. The Labute approximate surface area is 152 Å². The number of nitro benzene ring substituents is 1. The molecule has 0 spiro atoms. The zero-order valence-corrected chi connectivity index (χ0v) is 15.2. The number of methoxy groups -OCH3 is 1. The Hall–Kier alpha value is -3.09. The average Bonchev–Trinajstić information content (AvgIpc) is 2.61. The summed E-state index contributed by atoms with van der Waals surface area (Å²) < 4.78 is 10.4. The summed E-state index contributed by atoms with van der Waals surface area (Å²) in [5, 5.41) is 13.7. The van der Waals surface area contributed by atoms with Crippen molar-refractivity contribution in [1.29, 1.82) is 0 Å². The summed E-state index contributed by atoms with van der Waals surface area (Å²) in [6.07, 6.45) is 0.